The highest BCUT2D eigenvalue weighted by molar-refractivity contribution is 9.10. The second-order valence-corrected chi connectivity index (χ2v) is 4.54. The third-order valence-electron chi connectivity index (χ3n) is 2.47. The van der Waals surface area contributed by atoms with E-state index in [0.717, 1.165) is 26.8 Å². The number of aromatic amines is 2. The van der Waals surface area contributed by atoms with Gasteiger partial charge in [0, 0.05) is 21.4 Å². The molecule has 3 aromatic rings. The van der Waals surface area contributed by atoms with E-state index in [2.05, 4.69) is 43.2 Å². The number of nitrogens with zero attached hydrogens (tertiary/aromatic N) is 1. The van der Waals surface area contributed by atoms with Crippen molar-refractivity contribution in [3.63, 3.8) is 0 Å². The van der Waals surface area contributed by atoms with Crippen molar-refractivity contribution in [3.05, 3.63) is 34.8 Å². The molecule has 0 aliphatic carbocycles. The minimum Gasteiger partial charge on any atom is -0.382 e. The molecule has 0 saturated heterocycles. The van der Waals surface area contributed by atoms with Crippen molar-refractivity contribution < 1.29 is 0 Å². The van der Waals surface area contributed by atoms with Gasteiger partial charge in [0.2, 0.25) is 0 Å². The molecule has 4 N–H and O–H groups in total. The molecule has 0 amide bonds. The summed E-state index contributed by atoms with van der Waals surface area (Å²) in [5.41, 5.74) is 8.53. The number of H-pyrrole nitrogens is 2. The monoisotopic (exact) mass is 276 g/mol. The van der Waals surface area contributed by atoms with Crippen LogP contribution in [0.2, 0.25) is 0 Å². The molecule has 2 heterocycles. The topological polar surface area (TPSA) is 70.5 Å². The molecule has 0 atom stereocenters. The highest BCUT2D eigenvalue weighted by Gasteiger charge is 2.05. The van der Waals surface area contributed by atoms with Crippen molar-refractivity contribution in [3.8, 4) is 11.4 Å². The molecule has 0 bridgehead atoms. The van der Waals surface area contributed by atoms with Gasteiger partial charge in [0.05, 0.1) is 11.4 Å². The van der Waals surface area contributed by atoms with Gasteiger partial charge in [0.25, 0.3) is 0 Å². The lowest BCUT2D eigenvalue weighted by molar-refractivity contribution is 1.10. The van der Waals surface area contributed by atoms with Crippen molar-refractivity contribution in [1.29, 1.82) is 0 Å². The molecular weight excluding hydrogens is 268 g/mol. The number of anilines is 1. The van der Waals surface area contributed by atoms with Crippen molar-refractivity contribution in [2.24, 2.45) is 0 Å². The Hall–Kier alpha value is -1.75. The largest absolute Gasteiger partial charge is 0.382 e. The van der Waals surface area contributed by atoms with Crippen LogP contribution < -0.4 is 5.73 Å². The van der Waals surface area contributed by atoms with Crippen LogP contribution in [0.15, 0.2) is 34.8 Å². The first-order valence-electron chi connectivity index (χ1n) is 4.82. The maximum Gasteiger partial charge on any atom is 0.145 e. The molecule has 1 aromatic carbocycles. The van der Waals surface area contributed by atoms with Crippen molar-refractivity contribution in [2.45, 2.75) is 0 Å². The predicted molar refractivity (Wildman–Crippen MR) is 68.0 cm³/mol. The summed E-state index contributed by atoms with van der Waals surface area (Å²) in [6.07, 6.45) is 0. The number of benzene rings is 1. The average molecular weight is 277 g/mol. The normalized spacial score (nSPS) is 11.1. The van der Waals surface area contributed by atoms with Crippen LogP contribution in [-0.2, 0) is 0 Å². The van der Waals surface area contributed by atoms with Gasteiger partial charge in [-0.1, -0.05) is 22.0 Å². The summed E-state index contributed by atoms with van der Waals surface area (Å²) < 4.78 is 1.05. The van der Waals surface area contributed by atoms with Crippen molar-refractivity contribution >= 4 is 32.7 Å². The van der Waals surface area contributed by atoms with Crippen molar-refractivity contribution in [2.75, 3.05) is 5.73 Å². The van der Waals surface area contributed by atoms with E-state index < -0.39 is 0 Å². The number of halogens is 1. The number of nitrogen functional groups attached to an aromatic ring is 1. The number of nitrogens with one attached hydrogen (secondary N) is 2. The molecule has 5 heteroatoms. The fraction of sp³-hybridized carbons (Fsp3) is 0. The lowest BCUT2D eigenvalue weighted by Gasteiger charge is -1.90. The number of fused-ring (bicyclic) bond motifs is 1. The minimum absolute atomic E-state index is 0.495. The smallest absolute Gasteiger partial charge is 0.145 e. The molecule has 0 saturated carbocycles. The fourth-order valence-electron chi connectivity index (χ4n) is 1.72. The summed E-state index contributed by atoms with van der Waals surface area (Å²) in [6, 6.07) is 9.98. The van der Waals surface area contributed by atoms with Crippen LogP contribution >= 0.6 is 15.9 Å². The highest BCUT2D eigenvalue weighted by atomic mass is 79.9. The Kier molecular flexibility index (Phi) is 2.00. The molecule has 0 fully saturated rings. The predicted octanol–water partition coefficient (Wildman–Crippen LogP) is 2.90. The molecule has 0 aliphatic heterocycles. The van der Waals surface area contributed by atoms with E-state index in [0.29, 0.717) is 5.82 Å². The van der Waals surface area contributed by atoms with Crippen molar-refractivity contribution in [1.82, 2.24) is 15.2 Å². The van der Waals surface area contributed by atoms with Gasteiger partial charge in [0.1, 0.15) is 5.82 Å². The molecule has 4 nitrogen and oxygen atoms in total. The van der Waals surface area contributed by atoms with Gasteiger partial charge in [-0.25, -0.2) is 0 Å². The number of hydrogen-bond donors (Lipinski definition) is 3. The maximum absolute atomic E-state index is 5.57. The Balaban J connectivity index is 2.18. The molecule has 0 aliphatic rings. The Labute approximate surface area is 100.0 Å². The van der Waals surface area contributed by atoms with Gasteiger partial charge in [-0.2, -0.15) is 5.10 Å². The van der Waals surface area contributed by atoms with Crippen LogP contribution in [0.4, 0.5) is 5.82 Å². The number of nitrogens with two attached hydrogens (primary N) is 1. The van der Waals surface area contributed by atoms with E-state index in [1.165, 1.54) is 0 Å². The zero-order chi connectivity index (χ0) is 11.1. The summed E-state index contributed by atoms with van der Waals surface area (Å²) in [5, 5.41) is 7.94. The zero-order valence-corrected chi connectivity index (χ0v) is 9.88. The van der Waals surface area contributed by atoms with Crippen LogP contribution in [0.1, 0.15) is 0 Å². The van der Waals surface area contributed by atoms with Gasteiger partial charge in [-0.05, 0) is 18.2 Å². The first-order chi connectivity index (χ1) is 7.72. The standard InChI is InChI=1S/C11H9BrN4/c12-7-2-1-6-3-9(14-8(6)4-7)10-5-11(13)16-15-10/h1-5,14H,(H3,13,15,16). The Morgan fingerprint density at radius 1 is 1.12 bits per heavy atom. The van der Waals surface area contributed by atoms with E-state index in [9.17, 15) is 0 Å². The minimum atomic E-state index is 0.495. The Morgan fingerprint density at radius 3 is 2.75 bits per heavy atom. The van der Waals surface area contributed by atoms with E-state index in [-0.39, 0.29) is 0 Å². The van der Waals surface area contributed by atoms with Crippen LogP contribution in [0.3, 0.4) is 0 Å². The van der Waals surface area contributed by atoms with E-state index in [1.807, 2.05) is 12.1 Å². The van der Waals surface area contributed by atoms with Gasteiger partial charge in [0.15, 0.2) is 0 Å². The molecule has 3 rings (SSSR count). The quantitative estimate of drug-likeness (QED) is 0.640. The van der Waals surface area contributed by atoms with Crippen LogP contribution in [0, 0.1) is 0 Å². The average Bonchev–Trinajstić information content (AvgIpc) is 2.83. The number of rotatable bonds is 1. The Bertz CT molecular complexity index is 653. The van der Waals surface area contributed by atoms with E-state index in [1.54, 1.807) is 6.07 Å². The summed E-state index contributed by atoms with van der Waals surface area (Å²) in [6.45, 7) is 0. The third kappa shape index (κ3) is 1.49. The van der Waals surface area contributed by atoms with Crippen LogP contribution in [0.25, 0.3) is 22.3 Å². The third-order valence-corrected chi connectivity index (χ3v) is 2.97. The molecule has 0 radical (unpaired) electrons. The molecule has 2 aromatic heterocycles. The van der Waals surface area contributed by atoms with Gasteiger partial charge < -0.3 is 10.7 Å². The summed E-state index contributed by atoms with van der Waals surface area (Å²) >= 11 is 3.44. The zero-order valence-electron chi connectivity index (χ0n) is 8.29. The Morgan fingerprint density at radius 2 is 2.00 bits per heavy atom. The van der Waals surface area contributed by atoms with Crippen LogP contribution in [-0.4, -0.2) is 15.2 Å². The van der Waals surface area contributed by atoms with Gasteiger partial charge in [-0.3, -0.25) is 5.10 Å². The first-order valence-corrected chi connectivity index (χ1v) is 5.61. The first kappa shape index (κ1) is 9.47. The number of aromatic nitrogens is 3. The van der Waals surface area contributed by atoms with Gasteiger partial charge in [-0.15, -0.1) is 0 Å². The summed E-state index contributed by atoms with van der Waals surface area (Å²) in [4.78, 5) is 3.31. The van der Waals surface area contributed by atoms with E-state index >= 15 is 0 Å². The lowest BCUT2D eigenvalue weighted by Crippen LogP contribution is -1.81. The number of hydrogen-bond acceptors (Lipinski definition) is 2. The molecule has 0 unspecified atom stereocenters. The lowest BCUT2D eigenvalue weighted by atomic mass is 10.2. The second kappa shape index (κ2) is 3.38. The highest BCUT2D eigenvalue weighted by Crippen LogP contribution is 2.25. The fourth-order valence-corrected chi connectivity index (χ4v) is 2.08. The van der Waals surface area contributed by atoms with Gasteiger partial charge >= 0.3 is 0 Å². The second-order valence-electron chi connectivity index (χ2n) is 3.62. The summed E-state index contributed by atoms with van der Waals surface area (Å²) in [5.74, 6) is 0.495. The SMILES string of the molecule is Nc1cc(-c2cc3ccc(Br)cc3[nH]2)[nH]n1. The van der Waals surface area contributed by atoms with Crippen LogP contribution in [0.5, 0.6) is 0 Å². The molecule has 0 spiro atoms. The molecule has 80 valence electrons. The molecule has 16 heavy (non-hydrogen) atoms. The maximum atomic E-state index is 5.57. The molecular formula is C11H9BrN4. The summed E-state index contributed by atoms with van der Waals surface area (Å²) in [7, 11) is 0. The van der Waals surface area contributed by atoms with E-state index in [4.69, 9.17) is 5.73 Å².